The van der Waals surface area contributed by atoms with Crippen LogP contribution in [0.5, 0.6) is 0 Å². The van der Waals surface area contributed by atoms with E-state index in [1.165, 1.54) is 6.42 Å². The summed E-state index contributed by atoms with van der Waals surface area (Å²) < 4.78 is 11.5. The molecule has 70 valence electrons. The van der Waals surface area contributed by atoms with Crippen LogP contribution in [0.1, 0.15) is 40.0 Å². The van der Waals surface area contributed by atoms with Crippen LogP contribution in [-0.4, -0.2) is 18.0 Å². The molecule has 2 aliphatic rings. The molecule has 0 amide bonds. The second kappa shape index (κ2) is 2.71. The Hall–Kier alpha value is -0.0800. The first-order valence-corrected chi connectivity index (χ1v) is 4.94. The summed E-state index contributed by atoms with van der Waals surface area (Å²) in [6.07, 6.45) is 4.04. The fraction of sp³-hybridized carbons (Fsp3) is 1.00. The second-order valence-corrected chi connectivity index (χ2v) is 4.61. The van der Waals surface area contributed by atoms with Crippen molar-refractivity contribution in [1.29, 1.82) is 0 Å². The summed E-state index contributed by atoms with van der Waals surface area (Å²) in [6, 6.07) is 0. The fourth-order valence-corrected chi connectivity index (χ4v) is 2.37. The average Bonchev–Trinajstić information content (AvgIpc) is 2.40. The van der Waals surface area contributed by atoms with Crippen LogP contribution in [0, 0.1) is 5.92 Å². The third-order valence-corrected chi connectivity index (χ3v) is 2.92. The molecular formula is C10H18O2. The Labute approximate surface area is 74.2 Å². The van der Waals surface area contributed by atoms with Gasteiger partial charge in [-0.2, -0.15) is 0 Å². The molecule has 12 heavy (non-hydrogen) atoms. The van der Waals surface area contributed by atoms with Gasteiger partial charge in [-0.25, -0.2) is 0 Å². The van der Waals surface area contributed by atoms with Gasteiger partial charge >= 0.3 is 0 Å². The summed E-state index contributed by atoms with van der Waals surface area (Å²) in [5.74, 6) is 0.657. The molecule has 0 spiro atoms. The first-order valence-electron chi connectivity index (χ1n) is 4.94. The summed E-state index contributed by atoms with van der Waals surface area (Å²) in [5, 5.41) is 0. The Bertz CT molecular complexity index is 161. The molecule has 0 N–H and O–H groups in total. The number of fused-ring (bicyclic) bond motifs is 1. The van der Waals surface area contributed by atoms with Gasteiger partial charge in [-0.1, -0.05) is 6.92 Å². The first kappa shape index (κ1) is 8.52. The van der Waals surface area contributed by atoms with E-state index in [1.54, 1.807) is 0 Å². The van der Waals surface area contributed by atoms with Gasteiger partial charge in [0, 0.05) is 5.92 Å². The summed E-state index contributed by atoms with van der Waals surface area (Å²) in [7, 11) is 0. The van der Waals surface area contributed by atoms with E-state index in [4.69, 9.17) is 9.47 Å². The van der Waals surface area contributed by atoms with Crippen LogP contribution >= 0.6 is 0 Å². The molecule has 0 aromatic heterocycles. The molecule has 0 aromatic carbocycles. The fourth-order valence-electron chi connectivity index (χ4n) is 2.37. The van der Waals surface area contributed by atoms with Gasteiger partial charge in [0.2, 0.25) is 0 Å². The lowest BCUT2D eigenvalue weighted by molar-refractivity contribution is -0.162. The van der Waals surface area contributed by atoms with E-state index >= 15 is 0 Å². The summed E-state index contributed by atoms with van der Waals surface area (Å²) in [4.78, 5) is 0. The number of rotatable bonds is 1. The van der Waals surface area contributed by atoms with Gasteiger partial charge in [-0.15, -0.1) is 0 Å². The molecule has 2 heterocycles. The molecule has 0 aliphatic carbocycles. The highest BCUT2D eigenvalue weighted by Crippen LogP contribution is 2.43. The Balaban J connectivity index is 1.97. The number of hydrogen-bond donors (Lipinski definition) is 0. The molecule has 2 aliphatic heterocycles. The lowest BCUT2D eigenvalue weighted by atomic mass is 9.94. The van der Waals surface area contributed by atoms with Crippen LogP contribution in [0.15, 0.2) is 0 Å². The largest absolute Gasteiger partial charge is 0.349 e. The SMILES string of the molecule is CC[C@@H]1C[C@H]2CC(C)(C)O[C@H]2O1. The maximum atomic E-state index is 5.78. The molecule has 0 unspecified atom stereocenters. The third kappa shape index (κ3) is 1.38. The zero-order valence-corrected chi connectivity index (χ0v) is 8.17. The lowest BCUT2D eigenvalue weighted by Crippen LogP contribution is -2.22. The molecule has 0 saturated carbocycles. The molecule has 2 rings (SSSR count). The van der Waals surface area contributed by atoms with Gasteiger partial charge in [-0.3, -0.25) is 0 Å². The Kier molecular flexibility index (Phi) is 1.92. The maximum absolute atomic E-state index is 5.78. The van der Waals surface area contributed by atoms with Crippen molar-refractivity contribution in [2.75, 3.05) is 0 Å². The lowest BCUT2D eigenvalue weighted by Gasteiger charge is -2.20. The average molecular weight is 170 g/mol. The van der Waals surface area contributed by atoms with Crippen LogP contribution in [0.2, 0.25) is 0 Å². The zero-order valence-electron chi connectivity index (χ0n) is 8.17. The normalized spacial score (nSPS) is 44.8. The monoisotopic (exact) mass is 170 g/mol. The molecule has 0 bridgehead atoms. The Morgan fingerprint density at radius 3 is 2.75 bits per heavy atom. The Morgan fingerprint density at radius 1 is 1.42 bits per heavy atom. The van der Waals surface area contributed by atoms with Crippen LogP contribution < -0.4 is 0 Å². The molecular weight excluding hydrogens is 152 g/mol. The molecule has 0 radical (unpaired) electrons. The van der Waals surface area contributed by atoms with Crippen LogP contribution in [-0.2, 0) is 9.47 Å². The first-order chi connectivity index (χ1) is 5.61. The minimum atomic E-state index is 0.0496. The third-order valence-electron chi connectivity index (χ3n) is 2.92. The summed E-state index contributed by atoms with van der Waals surface area (Å²) >= 11 is 0. The van der Waals surface area contributed by atoms with Crippen LogP contribution in [0.25, 0.3) is 0 Å². The van der Waals surface area contributed by atoms with Crippen molar-refractivity contribution in [2.45, 2.75) is 58.0 Å². The standard InChI is InChI=1S/C10H18O2/c1-4-8-5-7-6-10(2,3)12-9(7)11-8/h7-9H,4-6H2,1-3H3/t7-,8+,9+/m0/s1. The number of ether oxygens (including phenoxy) is 2. The second-order valence-electron chi connectivity index (χ2n) is 4.61. The van der Waals surface area contributed by atoms with E-state index < -0.39 is 0 Å². The predicted molar refractivity (Wildman–Crippen MR) is 46.8 cm³/mol. The van der Waals surface area contributed by atoms with E-state index in [0.717, 1.165) is 12.8 Å². The van der Waals surface area contributed by atoms with Gasteiger partial charge in [-0.05, 0) is 33.1 Å². The molecule has 2 fully saturated rings. The van der Waals surface area contributed by atoms with Crippen molar-refractivity contribution in [3.05, 3.63) is 0 Å². The van der Waals surface area contributed by atoms with Gasteiger partial charge in [0.25, 0.3) is 0 Å². The van der Waals surface area contributed by atoms with E-state index in [0.29, 0.717) is 12.0 Å². The molecule has 2 saturated heterocycles. The zero-order chi connectivity index (χ0) is 8.77. The van der Waals surface area contributed by atoms with E-state index in [1.807, 2.05) is 0 Å². The Morgan fingerprint density at radius 2 is 2.17 bits per heavy atom. The quantitative estimate of drug-likeness (QED) is 0.601. The number of hydrogen-bond acceptors (Lipinski definition) is 2. The minimum absolute atomic E-state index is 0.0496. The maximum Gasteiger partial charge on any atom is 0.161 e. The van der Waals surface area contributed by atoms with Crippen molar-refractivity contribution in [2.24, 2.45) is 5.92 Å². The molecule has 2 heteroatoms. The highest BCUT2D eigenvalue weighted by atomic mass is 16.7. The van der Waals surface area contributed by atoms with Gasteiger partial charge in [0.05, 0.1) is 11.7 Å². The molecule has 2 nitrogen and oxygen atoms in total. The topological polar surface area (TPSA) is 18.5 Å². The van der Waals surface area contributed by atoms with Gasteiger partial charge < -0.3 is 9.47 Å². The van der Waals surface area contributed by atoms with Crippen molar-refractivity contribution in [1.82, 2.24) is 0 Å². The minimum Gasteiger partial charge on any atom is -0.349 e. The molecule has 3 atom stereocenters. The van der Waals surface area contributed by atoms with Crippen molar-refractivity contribution >= 4 is 0 Å². The van der Waals surface area contributed by atoms with Crippen molar-refractivity contribution < 1.29 is 9.47 Å². The van der Waals surface area contributed by atoms with E-state index in [9.17, 15) is 0 Å². The van der Waals surface area contributed by atoms with Crippen molar-refractivity contribution in [3.63, 3.8) is 0 Å². The van der Waals surface area contributed by atoms with Gasteiger partial charge in [0.15, 0.2) is 6.29 Å². The van der Waals surface area contributed by atoms with Gasteiger partial charge in [0.1, 0.15) is 0 Å². The summed E-state index contributed by atoms with van der Waals surface area (Å²) in [6.45, 7) is 6.47. The smallest absolute Gasteiger partial charge is 0.161 e. The predicted octanol–water partition coefficient (Wildman–Crippen LogP) is 2.33. The highest BCUT2D eigenvalue weighted by molar-refractivity contribution is 4.89. The van der Waals surface area contributed by atoms with Crippen LogP contribution in [0.3, 0.4) is 0 Å². The summed E-state index contributed by atoms with van der Waals surface area (Å²) in [5.41, 5.74) is 0.0496. The van der Waals surface area contributed by atoms with E-state index in [-0.39, 0.29) is 11.9 Å². The van der Waals surface area contributed by atoms with Crippen molar-refractivity contribution in [3.8, 4) is 0 Å². The highest BCUT2D eigenvalue weighted by Gasteiger charge is 2.46. The van der Waals surface area contributed by atoms with Crippen LogP contribution in [0.4, 0.5) is 0 Å². The van der Waals surface area contributed by atoms with E-state index in [2.05, 4.69) is 20.8 Å². The molecule has 0 aromatic rings.